The van der Waals surface area contributed by atoms with Crippen molar-refractivity contribution < 1.29 is 13.9 Å². The Bertz CT molecular complexity index is 952. The molecular weight excluding hydrogens is 302 g/mol. The van der Waals surface area contributed by atoms with Crippen LogP contribution in [0.25, 0.3) is 21.9 Å². The van der Waals surface area contributed by atoms with E-state index in [2.05, 4.69) is 17.2 Å². The van der Waals surface area contributed by atoms with E-state index < -0.39 is 11.7 Å². The minimum absolute atomic E-state index is 0.214. The summed E-state index contributed by atoms with van der Waals surface area (Å²) in [7, 11) is 0. The Morgan fingerprint density at radius 3 is 2.67 bits per heavy atom. The minimum Gasteiger partial charge on any atom is -0.455 e. The van der Waals surface area contributed by atoms with Crippen molar-refractivity contribution in [3.8, 4) is 11.8 Å². The fraction of sp³-hybridized carbons (Fsp3) is 0.250. The van der Waals surface area contributed by atoms with Gasteiger partial charge in [0, 0.05) is 10.8 Å². The zero-order valence-corrected chi connectivity index (χ0v) is 14.0. The van der Waals surface area contributed by atoms with E-state index in [-0.39, 0.29) is 6.54 Å². The number of para-hydroxylation sites is 2. The smallest absolute Gasteiger partial charge is 0.408 e. The van der Waals surface area contributed by atoms with Gasteiger partial charge in [-0.2, -0.15) is 0 Å². The second-order valence-electron chi connectivity index (χ2n) is 6.44. The van der Waals surface area contributed by atoms with Gasteiger partial charge in [-0.15, -0.1) is 0 Å². The molecule has 0 spiro atoms. The first-order valence-electron chi connectivity index (χ1n) is 7.80. The lowest BCUT2D eigenvalue weighted by Gasteiger charge is -2.18. The first kappa shape index (κ1) is 15.9. The van der Waals surface area contributed by atoms with E-state index in [0.29, 0.717) is 0 Å². The van der Waals surface area contributed by atoms with Gasteiger partial charge >= 0.3 is 6.09 Å². The molecule has 4 heteroatoms. The number of rotatable bonds is 1. The van der Waals surface area contributed by atoms with Crippen LogP contribution >= 0.6 is 0 Å². The van der Waals surface area contributed by atoms with Crippen LogP contribution in [0.1, 0.15) is 26.3 Å². The van der Waals surface area contributed by atoms with Gasteiger partial charge in [0.25, 0.3) is 0 Å². The maximum Gasteiger partial charge on any atom is 0.408 e. The van der Waals surface area contributed by atoms with Crippen molar-refractivity contribution >= 4 is 28.0 Å². The quantitative estimate of drug-likeness (QED) is 0.673. The van der Waals surface area contributed by atoms with E-state index >= 15 is 0 Å². The molecule has 1 amide bonds. The van der Waals surface area contributed by atoms with Gasteiger partial charge in [-0.25, -0.2) is 4.79 Å². The molecule has 2 aromatic carbocycles. The summed E-state index contributed by atoms with van der Waals surface area (Å²) < 4.78 is 11.1. The number of nitrogens with one attached hydrogen (secondary N) is 1. The lowest BCUT2D eigenvalue weighted by atomic mass is 10.1. The number of alkyl carbamates (subject to hydrolysis) is 1. The van der Waals surface area contributed by atoms with Crippen molar-refractivity contribution in [2.24, 2.45) is 0 Å². The van der Waals surface area contributed by atoms with Crippen LogP contribution < -0.4 is 5.32 Å². The summed E-state index contributed by atoms with van der Waals surface area (Å²) in [6.07, 6.45) is -0.473. The van der Waals surface area contributed by atoms with Crippen LogP contribution in [0.4, 0.5) is 4.79 Å². The standard InChI is InChI=1S/C20H19NO3/c1-20(2,3)24-19(22)21-13-7-9-14-8-6-11-16-15-10-4-5-12-17(15)23-18(14)16/h4-6,8,10-12H,13H2,1-3H3,(H,21,22). The number of furan rings is 1. The van der Waals surface area contributed by atoms with Crippen LogP contribution in [0.2, 0.25) is 0 Å². The Labute approximate surface area is 140 Å². The van der Waals surface area contributed by atoms with Gasteiger partial charge in [0.1, 0.15) is 11.2 Å². The highest BCUT2D eigenvalue weighted by molar-refractivity contribution is 6.06. The van der Waals surface area contributed by atoms with E-state index in [9.17, 15) is 4.79 Å². The highest BCUT2D eigenvalue weighted by Gasteiger charge is 2.15. The average Bonchev–Trinajstić information content (AvgIpc) is 2.89. The zero-order chi connectivity index (χ0) is 17.2. The molecule has 1 N–H and O–H groups in total. The number of carbonyl (C=O) groups excluding carboxylic acids is 1. The summed E-state index contributed by atoms with van der Waals surface area (Å²) in [5.74, 6) is 5.99. The molecule has 0 saturated carbocycles. The molecule has 0 saturated heterocycles. The number of fused-ring (bicyclic) bond motifs is 3. The van der Waals surface area contributed by atoms with Gasteiger partial charge in [-0.1, -0.05) is 42.2 Å². The van der Waals surface area contributed by atoms with Gasteiger partial charge in [-0.05, 0) is 32.9 Å². The predicted octanol–water partition coefficient (Wildman–Crippen LogP) is 4.46. The molecule has 122 valence electrons. The van der Waals surface area contributed by atoms with E-state index in [1.807, 2.05) is 63.2 Å². The Kier molecular flexibility index (Phi) is 4.18. The summed E-state index contributed by atoms with van der Waals surface area (Å²) in [5.41, 5.74) is 1.89. The number of amides is 1. The lowest BCUT2D eigenvalue weighted by molar-refractivity contribution is 0.0535. The van der Waals surface area contributed by atoms with Crippen LogP contribution in [-0.2, 0) is 4.74 Å². The third-order valence-electron chi connectivity index (χ3n) is 3.35. The van der Waals surface area contributed by atoms with Crippen LogP contribution in [0.15, 0.2) is 46.9 Å². The molecule has 4 nitrogen and oxygen atoms in total. The van der Waals surface area contributed by atoms with Crippen molar-refractivity contribution in [3.05, 3.63) is 48.0 Å². The number of ether oxygens (including phenoxy) is 1. The molecule has 1 heterocycles. The van der Waals surface area contributed by atoms with Gasteiger partial charge in [0.2, 0.25) is 0 Å². The first-order chi connectivity index (χ1) is 11.4. The SMILES string of the molecule is CC(C)(C)OC(=O)NCC#Cc1cccc2c1oc1ccccc12. The molecule has 0 radical (unpaired) electrons. The lowest BCUT2D eigenvalue weighted by Crippen LogP contribution is -2.32. The zero-order valence-electron chi connectivity index (χ0n) is 14.0. The molecule has 3 rings (SSSR count). The second-order valence-corrected chi connectivity index (χ2v) is 6.44. The summed E-state index contributed by atoms with van der Waals surface area (Å²) in [6.45, 7) is 5.67. The Morgan fingerprint density at radius 1 is 1.12 bits per heavy atom. The third kappa shape index (κ3) is 3.52. The van der Waals surface area contributed by atoms with Gasteiger partial charge in [0.15, 0.2) is 5.58 Å². The first-order valence-corrected chi connectivity index (χ1v) is 7.80. The van der Waals surface area contributed by atoms with Crippen LogP contribution in [0, 0.1) is 11.8 Å². The predicted molar refractivity (Wildman–Crippen MR) is 94.8 cm³/mol. The van der Waals surface area contributed by atoms with Gasteiger partial charge < -0.3 is 14.5 Å². The molecule has 24 heavy (non-hydrogen) atoms. The largest absolute Gasteiger partial charge is 0.455 e. The summed E-state index contributed by atoms with van der Waals surface area (Å²) in [5, 5.41) is 4.73. The number of hydrogen-bond donors (Lipinski definition) is 1. The maximum atomic E-state index is 11.6. The molecular formula is C20H19NO3. The Morgan fingerprint density at radius 2 is 1.88 bits per heavy atom. The van der Waals surface area contributed by atoms with Crippen LogP contribution in [0.3, 0.4) is 0 Å². The molecule has 0 fully saturated rings. The van der Waals surface area contributed by atoms with Crippen LogP contribution in [-0.4, -0.2) is 18.2 Å². The van der Waals surface area contributed by atoms with Crippen molar-refractivity contribution in [1.82, 2.24) is 5.32 Å². The van der Waals surface area contributed by atoms with Crippen molar-refractivity contribution in [2.45, 2.75) is 26.4 Å². The Hall–Kier alpha value is -2.93. The molecule has 0 bridgehead atoms. The Balaban J connectivity index is 1.78. The third-order valence-corrected chi connectivity index (χ3v) is 3.35. The van der Waals surface area contributed by atoms with E-state index in [1.165, 1.54) is 0 Å². The maximum absolute atomic E-state index is 11.6. The van der Waals surface area contributed by atoms with Crippen molar-refractivity contribution in [3.63, 3.8) is 0 Å². The summed E-state index contributed by atoms with van der Waals surface area (Å²) in [6, 6.07) is 13.8. The second kappa shape index (κ2) is 6.29. The van der Waals surface area contributed by atoms with Gasteiger partial charge in [-0.3, -0.25) is 0 Å². The summed E-state index contributed by atoms with van der Waals surface area (Å²) in [4.78, 5) is 11.6. The normalized spacial score (nSPS) is 11.1. The fourth-order valence-corrected chi connectivity index (χ4v) is 2.42. The molecule has 3 aromatic rings. The topological polar surface area (TPSA) is 51.5 Å². The molecule has 0 unspecified atom stereocenters. The summed E-state index contributed by atoms with van der Waals surface area (Å²) >= 11 is 0. The molecule has 0 aliphatic heterocycles. The van der Waals surface area contributed by atoms with E-state index in [0.717, 1.165) is 27.5 Å². The minimum atomic E-state index is -0.516. The van der Waals surface area contributed by atoms with Gasteiger partial charge in [0.05, 0.1) is 12.1 Å². The van der Waals surface area contributed by atoms with Crippen LogP contribution in [0.5, 0.6) is 0 Å². The molecule has 0 aliphatic rings. The molecule has 0 aliphatic carbocycles. The average molecular weight is 321 g/mol. The number of benzene rings is 2. The van der Waals surface area contributed by atoms with Crippen molar-refractivity contribution in [1.29, 1.82) is 0 Å². The fourth-order valence-electron chi connectivity index (χ4n) is 2.42. The number of carbonyl (C=O) groups is 1. The highest BCUT2D eigenvalue weighted by atomic mass is 16.6. The monoisotopic (exact) mass is 321 g/mol. The molecule has 0 atom stereocenters. The van der Waals surface area contributed by atoms with E-state index in [1.54, 1.807) is 0 Å². The van der Waals surface area contributed by atoms with Crippen molar-refractivity contribution in [2.75, 3.05) is 6.54 Å². The van der Waals surface area contributed by atoms with E-state index in [4.69, 9.17) is 9.15 Å². The highest BCUT2D eigenvalue weighted by Crippen LogP contribution is 2.30. The molecule has 1 aromatic heterocycles. The number of hydrogen-bond acceptors (Lipinski definition) is 3.